The van der Waals surface area contributed by atoms with Crippen LogP contribution in [0.15, 0.2) is 12.1 Å². The maximum atomic E-state index is 5.35. The first kappa shape index (κ1) is 14.1. The highest BCUT2D eigenvalue weighted by Gasteiger charge is 2.26. The van der Waals surface area contributed by atoms with E-state index in [0.29, 0.717) is 6.04 Å². The van der Waals surface area contributed by atoms with Gasteiger partial charge in [0.1, 0.15) is 0 Å². The number of hydrogen-bond donors (Lipinski definition) is 0. The normalized spacial score (nSPS) is 17.6. The molecule has 1 atom stereocenters. The lowest BCUT2D eigenvalue weighted by atomic mass is 10.1. The van der Waals surface area contributed by atoms with Crippen LogP contribution in [0.4, 0.5) is 0 Å². The number of methoxy groups -OCH3 is 2. The molecule has 0 spiro atoms. The van der Waals surface area contributed by atoms with Crippen LogP contribution >= 0.6 is 12.4 Å². The van der Waals surface area contributed by atoms with E-state index in [1.807, 2.05) is 0 Å². The zero-order valence-corrected chi connectivity index (χ0v) is 11.6. The number of ether oxygens (including phenoxy) is 2. The highest BCUT2D eigenvalue weighted by Crippen LogP contribution is 2.40. The lowest BCUT2D eigenvalue weighted by molar-refractivity contribution is 0.297. The first-order valence-corrected chi connectivity index (χ1v) is 5.58. The summed E-state index contributed by atoms with van der Waals surface area (Å²) in [6, 6.07) is 4.73. The number of aryl methyl sites for hydroxylation is 1. The third-order valence-corrected chi connectivity index (χ3v) is 3.31. The maximum absolute atomic E-state index is 5.35. The van der Waals surface area contributed by atoms with Crippen LogP contribution in [0.3, 0.4) is 0 Å². The van der Waals surface area contributed by atoms with Gasteiger partial charge in [0.15, 0.2) is 11.5 Å². The third kappa shape index (κ3) is 2.50. The highest BCUT2D eigenvalue weighted by atomic mass is 35.5. The molecule has 1 aliphatic rings. The Labute approximate surface area is 109 Å². The number of fused-ring (bicyclic) bond motifs is 1. The van der Waals surface area contributed by atoms with Gasteiger partial charge < -0.3 is 14.4 Å². The summed E-state index contributed by atoms with van der Waals surface area (Å²) in [5, 5.41) is 0. The standard InChI is InChI=1S/C13H19NO2.ClH/c1-14(2)11-6-5-9-7-12(15-3)13(16-4)8-10(9)11;/h7-8,11H,5-6H2,1-4H3;1H. The fourth-order valence-corrected chi connectivity index (χ4v) is 2.45. The largest absolute Gasteiger partial charge is 0.493 e. The van der Waals surface area contributed by atoms with Gasteiger partial charge in [-0.15, -0.1) is 12.4 Å². The summed E-state index contributed by atoms with van der Waals surface area (Å²) in [5.74, 6) is 1.66. The summed E-state index contributed by atoms with van der Waals surface area (Å²) in [4.78, 5) is 2.26. The molecule has 0 amide bonds. The summed E-state index contributed by atoms with van der Waals surface area (Å²) >= 11 is 0. The SMILES string of the molecule is COc1cc2c(cc1OC)C(N(C)C)CC2.Cl. The van der Waals surface area contributed by atoms with Gasteiger partial charge in [0.25, 0.3) is 0 Å². The van der Waals surface area contributed by atoms with Gasteiger partial charge in [0, 0.05) is 6.04 Å². The first-order valence-electron chi connectivity index (χ1n) is 5.58. The maximum Gasteiger partial charge on any atom is 0.161 e. The average molecular weight is 258 g/mol. The summed E-state index contributed by atoms with van der Waals surface area (Å²) in [6.45, 7) is 0. The summed E-state index contributed by atoms with van der Waals surface area (Å²) in [5.41, 5.74) is 2.76. The summed E-state index contributed by atoms with van der Waals surface area (Å²) < 4.78 is 10.7. The van der Waals surface area contributed by atoms with E-state index < -0.39 is 0 Å². The third-order valence-electron chi connectivity index (χ3n) is 3.31. The van der Waals surface area contributed by atoms with Gasteiger partial charge in [-0.1, -0.05) is 0 Å². The number of rotatable bonds is 3. The molecule has 0 saturated heterocycles. The van der Waals surface area contributed by atoms with Crippen molar-refractivity contribution in [1.29, 1.82) is 0 Å². The second kappa shape index (κ2) is 5.61. The molecule has 96 valence electrons. The molecule has 0 aliphatic heterocycles. The van der Waals surface area contributed by atoms with E-state index in [0.717, 1.165) is 17.9 Å². The molecule has 17 heavy (non-hydrogen) atoms. The Hall–Kier alpha value is -0.930. The van der Waals surface area contributed by atoms with Crippen molar-refractivity contribution >= 4 is 12.4 Å². The molecule has 1 aliphatic carbocycles. The predicted octanol–water partition coefficient (Wildman–Crippen LogP) is 2.67. The molecule has 0 aromatic heterocycles. The highest BCUT2D eigenvalue weighted by molar-refractivity contribution is 5.85. The van der Waals surface area contributed by atoms with Gasteiger partial charge in [-0.2, -0.15) is 0 Å². The number of nitrogens with zero attached hydrogens (tertiary/aromatic N) is 1. The second-order valence-electron chi connectivity index (χ2n) is 4.42. The Kier molecular flexibility index (Phi) is 4.66. The van der Waals surface area contributed by atoms with Crippen molar-refractivity contribution in [3.05, 3.63) is 23.3 Å². The number of hydrogen-bond acceptors (Lipinski definition) is 3. The molecule has 4 heteroatoms. The quantitative estimate of drug-likeness (QED) is 0.831. The average Bonchev–Trinajstić information content (AvgIpc) is 2.69. The Morgan fingerprint density at radius 3 is 2.24 bits per heavy atom. The van der Waals surface area contributed by atoms with Crippen LogP contribution in [0.2, 0.25) is 0 Å². The van der Waals surface area contributed by atoms with Crippen molar-refractivity contribution in [1.82, 2.24) is 4.90 Å². The van der Waals surface area contributed by atoms with Gasteiger partial charge >= 0.3 is 0 Å². The van der Waals surface area contributed by atoms with Crippen molar-refractivity contribution in [3.8, 4) is 11.5 Å². The Balaban J connectivity index is 0.00000144. The summed E-state index contributed by atoms with van der Waals surface area (Å²) in [7, 11) is 7.61. The van der Waals surface area contributed by atoms with Crippen LogP contribution in [0, 0.1) is 0 Å². The van der Waals surface area contributed by atoms with E-state index in [9.17, 15) is 0 Å². The van der Waals surface area contributed by atoms with Crippen LogP contribution in [-0.4, -0.2) is 33.2 Å². The zero-order chi connectivity index (χ0) is 11.7. The Morgan fingerprint density at radius 1 is 1.12 bits per heavy atom. The fourth-order valence-electron chi connectivity index (χ4n) is 2.45. The molecule has 0 bridgehead atoms. The minimum absolute atomic E-state index is 0. The van der Waals surface area contributed by atoms with Gasteiger partial charge in [0.05, 0.1) is 14.2 Å². The van der Waals surface area contributed by atoms with Gasteiger partial charge in [-0.05, 0) is 50.2 Å². The van der Waals surface area contributed by atoms with Gasteiger partial charge in [0.2, 0.25) is 0 Å². The minimum atomic E-state index is 0. The molecular formula is C13H20ClNO2. The first-order chi connectivity index (χ1) is 7.67. The van der Waals surface area contributed by atoms with Crippen LogP contribution < -0.4 is 9.47 Å². The minimum Gasteiger partial charge on any atom is -0.493 e. The molecule has 0 saturated carbocycles. The van der Waals surface area contributed by atoms with Crippen molar-refractivity contribution in [2.24, 2.45) is 0 Å². The van der Waals surface area contributed by atoms with Crippen LogP contribution in [0.5, 0.6) is 11.5 Å². The van der Waals surface area contributed by atoms with Crippen LogP contribution in [0.1, 0.15) is 23.6 Å². The van der Waals surface area contributed by atoms with Crippen molar-refractivity contribution in [2.45, 2.75) is 18.9 Å². The van der Waals surface area contributed by atoms with Crippen LogP contribution in [0.25, 0.3) is 0 Å². The van der Waals surface area contributed by atoms with E-state index in [2.05, 4.69) is 31.1 Å². The van der Waals surface area contributed by atoms with E-state index in [4.69, 9.17) is 9.47 Å². The molecule has 0 N–H and O–H groups in total. The lowest BCUT2D eigenvalue weighted by Gasteiger charge is -2.21. The van der Waals surface area contributed by atoms with Crippen molar-refractivity contribution < 1.29 is 9.47 Å². The molecule has 0 fully saturated rings. The predicted molar refractivity (Wildman–Crippen MR) is 71.5 cm³/mol. The monoisotopic (exact) mass is 257 g/mol. The number of halogens is 1. The Morgan fingerprint density at radius 2 is 1.71 bits per heavy atom. The van der Waals surface area contributed by atoms with Gasteiger partial charge in [-0.3, -0.25) is 0 Å². The second-order valence-corrected chi connectivity index (χ2v) is 4.42. The van der Waals surface area contributed by atoms with E-state index in [-0.39, 0.29) is 12.4 Å². The molecule has 1 aromatic carbocycles. The van der Waals surface area contributed by atoms with E-state index >= 15 is 0 Å². The van der Waals surface area contributed by atoms with Crippen LogP contribution in [-0.2, 0) is 6.42 Å². The molecule has 2 rings (SSSR count). The Bertz CT molecular complexity index is 393. The van der Waals surface area contributed by atoms with Crippen molar-refractivity contribution in [2.75, 3.05) is 28.3 Å². The number of benzene rings is 1. The molecular weight excluding hydrogens is 238 g/mol. The molecule has 1 aromatic rings. The van der Waals surface area contributed by atoms with Crippen molar-refractivity contribution in [3.63, 3.8) is 0 Å². The van der Waals surface area contributed by atoms with E-state index in [1.54, 1.807) is 14.2 Å². The lowest BCUT2D eigenvalue weighted by Crippen LogP contribution is -2.17. The molecule has 0 heterocycles. The fraction of sp³-hybridized carbons (Fsp3) is 0.538. The summed E-state index contributed by atoms with van der Waals surface area (Å²) in [6.07, 6.45) is 2.30. The molecule has 0 radical (unpaired) electrons. The zero-order valence-electron chi connectivity index (χ0n) is 10.8. The smallest absolute Gasteiger partial charge is 0.161 e. The molecule has 3 nitrogen and oxygen atoms in total. The topological polar surface area (TPSA) is 21.7 Å². The van der Waals surface area contributed by atoms with E-state index in [1.165, 1.54) is 17.5 Å². The molecule has 1 unspecified atom stereocenters. The van der Waals surface area contributed by atoms with Gasteiger partial charge in [-0.25, -0.2) is 0 Å².